The summed E-state index contributed by atoms with van der Waals surface area (Å²) in [5.74, 6) is 0.733. The van der Waals surface area contributed by atoms with Crippen LogP contribution in [-0.2, 0) is 0 Å². The summed E-state index contributed by atoms with van der Waals surface area (Å²) in [6.07, 6.45) is 0. The number of para-hydroxylation sites is 2. The van der Waals surface area contributed by atoms with E-state index < -0.39 is 0 Å². The zero-order chi connectivity index (χ0) is 32.1. The smallest absolute Gasteiger partial charge is 0.247 e. The van der Waals surface area contributed by atoms with Crippen LogP contribution < -0.4 is 0 Å². The minimum Gasteiger partial charge on any atom is -0.456 e. The third-order valence-electron chi connectivity index (χ3n) is 9.80. The highest BCUT2D eigenvalue weighted by Crippen LogP contribution is 2.42. The fraction of sp³-hybridized carbons (Fsp3) is 0. The molecule has 228 valence electrons. The van der Waals surface area contributed by atoms with Crippen LogP contribution in [-0.4, -0.2) is 14.5 Å². The lowest BCUT2D eigenvalue weighted by Gasteiger charge is -2.13. The fourth-order valence-corrected chi connectivity index (χ4v) is 7.58. The third kappa shape index (κ3) is 3.81. The van der Waals surface area contributed by atoms with Crippen LogP contribution in [0.3, 0.4) is 0 Å². The summed E-state index contributed by atoms with van der Waals surface area (Å²) in [5, 5.41) is 7.81. The van der Waals surface area contributed by atoms with E-state index in [4.69, 9.17) is 18.8 Å². The molecule has 0 unspecified atom stereocenters. The van der Waals surface area contributed by atoms with Crippen molar-refractivity contribution >= 4 is 76.7 Å². The maximum Gasteiger partial charge on any atom is 0.247 e. The second kappa shape index (κ2) is 9.89. The number of furan rings is 2. The van der Waals surface area contributed by atoms with E-state index in [1.54, 1.807) is 0 Å². The van der Waals surface area contributed by atoms with Crippen LogP contribution >= 0.6 is 0 Å². The van der Waals surface area contributed by atoms with Gasteiger partial charge in [-0.05, 0) is 58.3 Å². The first-order valence-electron chi connectivity index (χ1n) is 16.4. The summed E-state index contributed by atoms with van der Waals surface area (Å²) in [6, 6.07) is 52.6. The highest BCUT2D eigenvalue weighted by atomic mass is 16.3. The molecule has 0 aliphatic rings. The molecule has 0 spiro atoms. The van der Waals surface area contributed by atoms with Crippen molar-refractivity contribution in [2.24, 2.45) is 0 Å². The summed E-state index contributed by atoms with van der Waals surface area (Å²) in [4.78, 5) is 10.7. The van der Waals surface area contributed by atoms with Gasteiger partial charge in [0.05, 0.1) is 11.0 Å². The SMILES string of the molecule is c1ccc(-c2cccc(-c3nc4oc5ccccc5c4nc3-n3c4ccccc4c4cc5c(cc43)oc3ccc4ccccc4c35)c2)cc1. The molecule has 4 heterocycles. The molecule has 11 aromatic rings. The molecule has 0 bridgehead atoms. The van der Waals surface area contributed by atoms with Crippen LogP contribution in [0.5, 0.6) is 0 Å². The van der Waals surface area contributed by atoms with Gasteiger partial charge in [-0.3, -0.25) is 4.57 Å². The summed E-state index contributed by atoms with van der Waals surface area (Å²) >= 11 is 0. The molecule has 49 heavy (non-hydrogen) atoms. The second-order valence-electron chi connectivity index (χ2n) is 12.6. The van der Waals surface area contributed by atoms with Crippen LogP contribution in [0.15, 0.2) is 160 Å². The summed E-state index contributed by atoms with van der Waals surface area (Å²) in [7, 11) is 0. The Morgan fingerprint density at radius 3 is 2.10 bits per heavy atom. The van der Waals surface area contributed by atoms with Gasteiger partial charge in [0, 0.05) is 38.6 Å². The number of aromatic nitrogens is 3. The van der Waals surface area contributed by atoms with Crippen molar-refractivity contribution in [1.29, 1.82) is 0 Å². The van der Waals surface area contributed by atoms with E-state index in [2.05, 4.69) is 126 Å². The maximum atomic E-state index is 6.59. The number of hydrogen-bond acceptors (Lipinski definition) is 4. The predicted octanol–water partition coefficient (Wildman–Crippen LogP) is 11.9. The average Bonchev–Trinajstić information content (AvgIpc) is 3.82. The first kappa shape index (κ1) is 26.4. The highest BCUT2D eigenvalue weighted by molar-refractivity contribution is 6.23. The molecule has 0 saturated carbocycles. The minimum atomic E-state index is 0.511. The molecule has 0 radical (unpaired) electrons. The van der Waals surface area contributed by atoms with Gasteiger partial charge in [0.1, 0.15) is 28.0 Å². The maximum absolute atomic E-state index is 6.59. The van der Waals surface area contributed by atoms with Gasteiger partial charge in [-0.25, -0.2) is 9.97 Å². The van der Waals surface area contributed by atoms with E-state index in [-0.39, 0.29) is 0 Å². The number of benzene rings is 7. The van der Waals surface area contributed by atoms with Gasteiger partial charge in [0.2, 0.25) is 5.71 Å². The van der Waals surface area contributed by atoms with Gasteiger partial charge in [-0.1, -0.05) is 109 Å². The Morgan fingerprint density at radius 1 is 0.429 bits per heavy atom. The van der Waals surface area contributed by atoms with E-state index in [9.17, 15) is 0 Å². The van der Waals surface area contributed by atoms with Crippen LogP contribution in [0.25, 0.3) is 105 Å². The Balaban J connectivity index is 1.27. The topological polar surface area (TPSA) is 57.0 Å². The molecule has 5 nitrogen and oxygen atoms in total. The third-order valence-corrected chi connectivity index (χ3v) is 9.80. The molecule has 0 aliphatic carbocycles. The van der Waals surface area contributed by atoms with E-state index in [1.165, 1.54) is 10.8 Å². The van der Waals surface area contributed by atoms with Crippen LogP contribution in [0, 0.1) is 0 Å². The van der Waals surface area contributed by atoms with Crippen molar-refractivity contribution in [2.75, 3.05) is 0 Å². The van der Waals surface area contributed by atoms with Gasteiger partial charge in [-0.15, -0.1) is 0 Å². The standard InChI is InChI=1S/C44H25N3O2/c1-2-11-26(12-3-1)28-14-10-15-29(23-28)41-43(45-42-32-18-7-9-20-37(32)49-44(42)46-41)47-35-19-8-6-17-31(35)33-24-34-39(25-36(33)47)48-38-22-21-27-13-4-5-16-30(27)40(34)38/h1-25H. The Morgan fingerprint density at radius 2 is 1.18 bits per heavy atom. The molecule has 0 fully saturated rings. The Hall–Kier alpha value is -6.72. The van der Waals surface area contributed by atoms with Crippen LogP contribution in [0.4, 0.5) is 0 Å². The van der Waals surface area contributed by atoms with Gasteiger partial charge in [0.25, 0.3) is 0 Å². The van der Waals surface area contributed by atoms with Gasteiger partial charge >= 0.3 is 0 Å². The molecule has 11 rings (SSSR count). The fourth-order valence-electron chi connectivity index (χ4n) is 7.58. The molecule has 5 heteroatoms. The van der Waals surface area contributed by atoms with Crippen molar-refractivity contribution in [3.05, 3.63) is 152 Å². The van der Waals surface area contributed by atoms with Gasteiger partial charge in [-0.2, -0.15) is 0 Å². The largest absolute Gasteiger partial charge is 0.456 e. The highest BCUT2D eigenvalue weighted by Gasteiger charge is 2.23. The van der Waals surface area contributed by atoms with Gasteiger partial charge < -0.3 is 8.83 Å². The van der Waals surface area contributed by atoms with E-state index >= 15 is 0 Å². The zero-order valence-corrected chi connectivity index (χ0v) is 26.1. The van der Waals surface area contributed by atoms with E-state index in [0.717, 1.165) is 88.4 Å². The van der Waals surface area contributed by atoms with Crippen molar-refractivity contribution in [3.8, 4) is 28.2 Å². The van der Waals surface area contributed by atoms with Gasteiger partial charge in [0.15, 0.2) is 5.82 Å². The molecule has 0 N–H and O–H groups in total. The first-order chi connectivity index (χ1) is 24.3. The quantitative estimate of drug-likeness (QED) is 0.196. The molecule has 0 aliphatic heterocycles. The lowest BCUT2D eigenvalue weighted by molar-refractivity contribution is 0.653. The molecule has 7 aromatic carbocycles. The Kier molecular flexibility index (Phi) is 5.32. The van der Waals surface area contributed by atoms with Crippen LogP contribution in [0.1, 0.15) is 0 Å². The Labute approximate surface area is 279 Å². The van der Waals surface area contributed by atoms with Crippen molar-refractivity contribution in [2.45, 2.75) is 0 Å². The molecule has 0 atom stereocenters. The molecule has 0 amide bonds. The normalized spacial score (nSPS) is 12.1. The Bertz CT molecular complexity index is 3110. The van der Waals surface area contributed by atoms with E-state index in [0.29, 0.717) is 5.71 Å². The average molecular weight is 628 g/mol. The number of hydrogen-bond donors (Lipinski definition) is 0. The van der Waals surface area contributed by atoms with Crippen molar-refractivity contribution in [1.82, 2.24) is 14.5 Å². The molecule has 0 saturated heterocycles. The molecular weight excluding hydrogens is 603 g/mol. The van der Waals surface area contributed by atoms with E-state index in [1.807, 2.05) is 30.3 Å². The van der Waals surface area contributed by atoms with Crippen LogP contribution in [0.2, 0.25) is 0 Å². The lowest BCUT2D eigenvalue weighted by Crippen LogP contribution is -2.03. The predicted molar refractivity (Wildman–Crippen MR) is 199 cm³/mol. The number of rotatable bonds is 3. The summed E-state index contributed by atoms with van der Waals surface area (Å²) in [6.45, 7) is 0. The zero-order valence-electron chi connectivity index (χ0n) is 26.1. The summed E-state index contributed by atoms with van der Waals surface area (Å²) < 4.78 is 15.1. The van der Waals surface area contributed by atoms with Crippen molar-refractivity contribution in [3.63, 3.8) is 0 Å². The summed E-state index contributed by atoms with van der Waals surface area (Å²) in [5.41, 5.74) is 9.69. The molecule has 4 aromatic heterocycles. The number of fused-ring (bicyclic) bond motifs is 11. The monoisotopic (exact) mass is 627 g/mol. The lowest BCUT2D eigenvalue weighted by atomic mass is 10.0. The first-order valence-corrected chi connectivity index (χ1v) is 16.4. The molecular formula is C44H25N3O2. The minimum absolute atomic E-state index is 0.511. The number of nitrogens with zero attached hydrogens (tertiary/aromatic N) is 3. The van der Waals surface area contributed by atoms with Crippen molar-refractivity contribution < 1.29 is 8.83 Å². The second-order valence-corrected chi connectivity index (χ2v) is 12.6.